The molecule has 0 fully saturated rings. The average Bonchev–Trinajstić information content (AvgIpc) is 2.35. The van der Waals surface area contributed by atoms with Crippen LogP contribution in [0.25, 0.3) is 0 Å². The topological polar surface area (TPSA) is 63.3 Å². The summed E-state index contributed by atoms with van der Waals surface area (Å²) in [5.74, 6) is -1.32. The van der Waals surface area contributed by atoms with Crippen molar-refractivity contribution in [2.45, 2.75) is 13.3 Å². The normalized spacial score (nSPS) is 12.8. The molecule has 0 aromatic carbocycles. The number of aliphatic carboxylic acids is 1. The lowest BCUT2D eigenvalue weighted by atomic mass is 10.1. The Kier molecular flexibility index (Phi) is 2.70. The second kappa shape index (κ2) is 3.58. The summed E-state index contributed by atoms with van der Waals surface area (Å²) >= 11 is 5.45. The minimum Gasteiger partial charge on any atom is -0.481 e. The Bertz CT molecular complexity index is 284. The molecule has 1 atom stereocenters. The van der Waals surface area contributed by atoms with E-state index in [1.165, 1.54) is 6.07 Å². The summed E-state index contributed by atoms with van der Waals surface area (Å²) in [5, 5.41) is 12.3. The minimum absolute atomic E-state index is 0.183. The molecule has 1 N–H and O–H groups in total. The molecule has 1 aromatic rings. The predicted molar refractivity (Wildman–Crippen MR) is 42.0 cm³/mol. The third kappa shape index (κ3) is 2.23. The van der Waals surface area contributed by atoms with Gasteiger partial charge in [0.15, 0.2) is 0 Å². The average molecular weight is 190 g/mol. The van der Waals surface area contributed by atoms with E-state index in [2.05, 4.69) is 9.68 Å². The van der Waals surface area contributed by atoms with Crippen molar-refractivity contribution in [3.8, 4) is 0 Å². The van der Waals surface area contributed by atoms with Crippen LogP contribution >= 0.6 is 11.6 Å². The molecule has 0 saturated carbocycles. The molecule has 0 aliphatic carbocycles. The van der Waals surface area contributed by atoms with Crippen LogP contribution in [-0.4, -0.2) is 16.2 Å². The standard InChI is InChI=1S/C7H8ClNO3/c1-4(7(10)11)2-5-3-6(8)12-9-5/h3-4H,2H2,1H3,(H,10,11). The zero-order valence-corrected chi connectivity index (χ0v) is 7.21. The molecular weight excluding hydrogens is 182 g/mol. The van der Waals surface area contributed by atoms with Gasteiger partial charge in [-0.15, -0.1) is 0 Å². The van der Waals surface area contributed by atoms with Gasteiger partial charge in [-0.3, -0.25) is 4.79 Å². The van der Waals surface area contributed by atoms with Crippen LogP contribution in [0, 0.1) is 5.92 Å². The molecule has 12 heavy (non-hydrogen) atoms. The molecule has 4 nitrogen and oxygen atoms in total. The Labute approximate surface area is 74.1 Å². The number of carboxylic acid groups (broad SMARTS) is 1. The summed E-state index contributed by atoms with van der Waals surface area (Å²) < 4.78 is 4.57. The summed E-state index contributed by atoms with van der Waals surface area (Å²) in [4.78, 5) is 10.4. The quantitative estimate of drug-likeness (QED) is 0.785. The highest BCUT2D eigenvalue weighted by Gasteiger charge is 2.13. The largest absolute Gasteiger partial charge is 0.481 e. The van der Waals surface area contributed by atoms with Crippen LogP contribution < -0.4 is 0 Å². The Morgan fingerprint density at radius 1 is 1.92 bits per heavy atom. The molecule has 0 bridgehead atoms. The summed E-state index contributed by atoms with van der Waals surface area (Å²) in [5.41, 5.74) is 0.565. The van der Waals surface area contributed by atoms with Crippen molar-refractivity contribution >= 4 is 17.6 Å². The molecule has 0 saturated heterocycles. The van der Waals surface area contributed by atoms with Crippen LogP contribution in [0.15, 0.2) is 10.6 Å². The maximum atomic E-state index is 10.4. The van der Waals surface area contributed by atoms with E-state index in [1.807, 2.05) is 0 Å². The summed E-state index contributed by atoms with van der Waals surface area (Å²) in [6.45, 7) is 1.60. The van der Waals surface area contributed by atoms with E-state index in [0.717, 1.165) is 0 Å². The van der Waals surface area contributed by atoms with E-state index in [9.17, 15) is 4.79 Å². The van der Waals surface area contributed by atoms with Gasteiger partial charge in [0.1, 0.15) is 0 Å². The number of nitrogens with zero attached hydrogens (tertiary/aromatic N) is 1. The summed E-state index contributed by atoms with van der Waals surface area (Å²) in [6, 6.07) is 1.51. The molecule has 0 aliphatic rings. The number of aromatic nitrogens is 1. The Hall–Kier alpha value is -1.03. The summed E-state index contributed by atoms with van der Waals surface area (Å²) in [7, 11) is 0. The SMILES string of the molecule is CC(Cc1cc(Cl)on1)C(=O)O. The lowest BCUT2D eigenvalue weighted by Gasteiger charge is -2.00. The number of halogens is 1. The third-order valence-corrected chi connectivity index (χ3v) is 1.65. The fourth-order valence-electron chi connectivity index (χ4n) is 0.783. The lowest BCUT2D eigenvalue weighted by molar-refractivity contribution is -0.141. The first-order valence-electron chi connectivity index (χ1n) is 3.43. The van der Waals surface area contributed by atoms with Crippen LogP contribution in [0.1, 0.15) is 12.6 Å². The van der Waals surface area contributed by atoms with E-state index in [1.54, 1.807) is 6.92 Å². The lowest BCUT2D eigenvalue weighted by Crippen LogP contribution is -2.12. The van der Waals surface area contributed by atoms with Gasteiger partial charge in [0.05, 0.1) is 11.6 Å². The van der Waals surface area contributed by atoms with Crippen LogP contribution in [0.2, 0.25) is 5.22 Å². The zero-order valence-electron chi connectivity index (χ0n) is 6.45. The van der Waals surface area contributed by atoms with Gasteiger partial charge in [0.25, 0.3) is 0 Å². The molecule has 66 valence electrons. The number of hydrogen-bond donors (Lipinski definition) is 1. The number of rotatable bonds is 3. The van der Waals surface area contributed by atoms with Crippen LogP contribution in [0.3, 0.4) is 0 Å². The monoisotopic (exact) mass is 189 g/mol. The van der Waals surface area contributed by atoms with Crippen LogP contribution in [-0.2, 0) is 11.2 Å². The fraction of sp³-hybridized carbons (Fsp3) is 0.429. The van der Waals surface area contributed by atoms with Crippen LogP contribution in [0.4, 0.5) is 0 Å². The Morgan fingerprint density at radius 3 is 3.00 bits per heavy atom. The highest BCUT2D eigenvalue weighted by Crippen LogP contribution is 2.13. The Balaban J connectivity index is 2.58. The molecule has 0 amide bonds. The van der Waals surface area contributed by atoms with Gasteiger partial charge in [-0.05, 0) is 11.6 Å². The van der Waals surface area contributed by atoms with Gasteiger partial charge >= 0.3 is 5.97 Å². The highest BCUT2D eigenvalue weighted by molar-refractivity contribution is 6.28. The first-order chi connectivity index (χ1) is 5.59. The maximum absolute atomic E-state index is 10.4. The number of hydrogen-bond acceptors (Lipinski definition) is 3. The molecule has 0 aliphatic heterocycles. The van der Waals surface area contributed by atoms with Gasteiger partial charge in [0, 0.05) is 12.5 Å². The van der Waals surface area contributed by atoms with E-state index in [-0.39, 0.29) is 5.22 Å². The molecular formula is C7H8ClNO3. The van der Waals surface area contributed by atoms with Crippen molar-refractivity contribution < 1.29 is 14.4 Å². The summed E-state index contributed by atoms with van der Waals surface area (Å²) in [6.07, 6.45) is 0.339. The van der Waals surface area contributed by atoms with Gasteiger partial charge in [0.2, 0.25) is 5.22 Å². The third-order valence-electron chi connectivity index (χ3n) is 1.47. The predicted octanol–water partition coefficient (Wildman–Crippen LogP) is 1.59. The van der Waals surface area contributed by atoms with Gasteiger partial charge in [-0.1, -0.05) is 12.1 Å². The maximum Gasteiger partial charge on any atom is 0.306 e. The van der Waals surface area contributed by atoms with E-state index >= 15 is 0 Å². The molecule has 1 aromatic heterocycles. The number of carboxylic acids is 1. The molecule has 0 radical (unpaired) electrons. The van der Waals surface area contributed by atoms with Crippen molar-refractivity contribution in [2.24, 2.45) is 5.92 Å². The zero-order chi connectivity index (χ0) is 9.14. The van der Waals surface area contributed by atoms with Crippen molar-refractivity contribution in [3.05, 3.63) is 17.0 Å². The minimum atomic E-state index is -0.853. The van der Waals surface area contributed by atoms with Gasteiger partial charge in [-0.25, -0.2) is 0 Å². The van der Waals surface area contributed by atoms with Crippen molar-refractivity contribution in [2.75, 3.05) is 0 Å². The number of carbonyl (C=O) groups is 1. The van der Waals surface area contributed by atoms with E-state index in [0.29, 0.717) is 12.1 Å². The first kappa shape index (κ1) is 9.06. The van der Waals surface area contributed by atoms with Gasteiger partial charge < -0.3 is 9.63 Å². The molecule has 5 heteroatoms. The van der Waals surface area contributed by atoms with Crippen molar-refractivity contribution in [1.82, 2.24) is 5.16 Å². The molecule has 0 spiro atoms. The van der Waals surface area contributed by atoms with Crippen molar-refractivity contribution in [1.29, 1.82) is 0 Å². The molecule has 1 heterocycles. The fourth-order valence-corrected chi connectivity index (χ4v) is 0.944. The van der Waals surface area contributed by atoms with Crippen LogP contribution in [0.5, 0.6) is 0 Å². The smallest absolute Gasteiger partial charge is 0.306 e. The van der Waals surface area contributed by atoms with Crippen molar-refractivity contribution in [3.63, 3.8) is 0 Å². The Morgan fingerprint density at radius 2 is 2.58 bits per heavy atom. The molecule has 1 rings (SSSR count). The second-order valence-corrected chi connectivity index (χ2v) is 2.94. The molecule has 1 unspecified atom stereocenters. The first-order valence-corrected chi connectivity index (χ1v) is 3.81. The second-order valence-electron chi connectivity index (χ2n) is 2.57. The van der Waals surface area contributed by atoms with Gasteiger partial charge in [-0.2, -0.15) is 0 Å². The highest BCUT2D eigenvalue weighted by atomic mass is 35.5. The van der Waals surface area contributed by atoms with E-state index in [4.69, 9.17) is 16.7 Å². The van der Waals surface area contributed by atoms with E-state index < -0.39 is 11.9 Å².